The predicted octanol–water partition coefficient (Wildman–Crippen LogP) is 3.85. The highest BCUT2D eigenvalue weighted by atomic mass is 32.2. The molecule has 122 valence electrons. The monoisotopic (exact) mass is 347 g/mol. The fourth-order valence-electron chi connectivity index (χ4n) is 3.03. The number of nitrogens with zero attached hydrogens (tertiary/aromatic N) is 3. The first kappa shape index (κ1) is 16.5. The second-order valence-electron chi connectivity index (χ2n) is 6.32. The van der Waals surface area contributed by atoms with E-state index in [1.165, 1.54) is 22.2 Å². The van der Waals surface area contributed by atoms with Gasteiger partial charge in [-0.15, -0.1) is 11.3 Å². The van der Waals surface area contributed by atoms with E-state index in [9.17, 15) is 4.79 Å². The Morgan fingerprint density at radius 1 is 1.57 bits per heavy atom. The molecule has 0 spiro atoms. The summed E-state index contributed by atoms with van der Waals surface area (Å²) in [5.74, 6) is 1.31. The molecule has 0 amide bonds. The van der Waals surface area contributed by atoms with E-state index in [4.69, 9.17) is 10.2 Å². The molecule has 0 aliphatic heterocycles. The topological polar surface area (TPSA) is 58.7 Å². The van der Waals surface area contributed by atoms with Crippen LogP contribution in [-0.2, 0) is 19.4 Å². The number of thioether (sulfide) groups is 1. The average molecular weight is 348 g/mol. The average Bonchev–Trinajstić information content (AvgIpc) is 2.89. The van der Waals surface area contributed by atoms with Gasteiger partial charge in [0.1, 0.15) is 4.83 Å². The maximum atomic E-state index is 13.0. The fourth-order valence-corrected chi connectivity index (χ4v) is 5.46. The fraction of sp³-hybridized carbons (Fsp3) is 0.588. The third-order valence-electron chi connectivity index (χ3n) is 4.38. The smallest absolute Gasteiger partial charge is 0.263 e. The van der Waals surface area contributed by atoms with Gasteiger partial charge in [0.2, 0.25) is 0 Å². The van der Waals surface area contributed by atoms with Crippen LogP contribution in [0.25, 0.3) is 10.2 Å². The molecule has 1 aliphatic carbocycles. The van der Waals surface area contributed by atoms with Crippen molar-refractivity contribution in [3.05, 3.63) is 20.8 Å². The van der Waals surface area contributed by atoms with E-state index >= 15 is 0 Å². The molecule has 2 aromatic heterocycles. The van der Waals surface area contributed by atoms with Crippen molar-refractivity contribution in [2.45, 2.75) is 51.7 Å². The zero-order chi connectivity index (χ0) is 16.6. The molecule has 0 N–H and O–H groups in total. The van der Waals surface area contributed by atoms with Crippen molar-refractivity contribution >= 4 is 33.3 Å². The van der Waals surface area contributed by atoms with Crippen LogP contribution in [0.2, 0.25) is 0 Å². The van der Waals surface area contributed by atoms with Gasteiger partial charge in [-0.25, -0.2) is 4.98 Å². The van der Waals surface area contributed by atoms with Crippen molar-refractivity contribution in [3.63, 3.8) is 0 Å². The minimum Gasteiger partial charge on any atom is -0.287 e. The van der Waals surface area contributed by atoms with Gasteiger partial charge < -0.3 is 0 Å². The maximum Gasteiger partial charge on any atom is 0.263 e. The van der Waals surface area contributed by atoms with Crippen LogP contribution in [-0.4, -0.2) is 15.3 Å². The lowest BCUT2D eigenvalue weighted by molar-refractivity contribution is 0.509. The lowest BCUT2D eigenvalue weighted by Crippen LogP contribution is -2.23. The standard InChI is InChI=1S/C17H21N3OS2/c1-4-20-16(21)14-12-6-5-10(2)7-13(12)23-15(14)19-17(20)22-9-11(3)8-18/h10-11H,4-7,9H2,1-3H3/t10-,11-/m0/s1. The quantitative estimate of drug-likeness (QED) is 0.622. The summed E-state index contributed by atoms with van der Waals surface area (Å²) < 4.78 is 1.77. The molecule has 23 heavy (non-hydrogen) atoms. The first-order valence-electron chi connectivity index (χ1n) is 8.12. The number of fused-ring (bicyclic) bond motifs is 3. The van der Waals surface area contributed by atoms with Crippen LogP contribution in [0.15, 0.2) is 9.95 Å². The number of aromatic nitrogens is 2. The molecular weight excluding hydrogens is 326 g/mol. The molecule has 2 heterocycles. The van der Waals surface area contributed by atoms with E-state index in [2.05, 4.69) is 13.0 Å². The van der Waals surface area contributed by atoms with Crippen molar-refractivity contribution in [1.82, 2.24) is 9.55 Å². The molecule has 2 aromatic rings. The second kappa shape index (κ2) is 6.66. The van der Waals surface area contributed by atoms with Gasteiger partial charge in [0.25, 0.3) is 5.56 Å². The number of nitriles is 1. The van der Waals surface area contributed by atoms with Crippen LogP contribution >= 0.6 is 23.1 Å². The zero-order valence-corrected chi connectivity index (χ0v) is 15.4. The van der Waals surface area contributed by atoms with Gasteiger partial charge in [0, 0.05) is 17.2 Å². The Balaban J connectivity index is 2.09. The summed E-state index contributed by atoms with van der Waals surface area (Å²) in [4.78, 5) is 20.0. The third-order valence-corrected chi connectivity index (χ3v) is 6.76. The molecule has 0 saturated carbocycles. The molecule has 0 unspecified atom stereocenters. The lowest BCUT2D eigenvalue weighted by Gasteiger charge is -2.17. The molecule has 4 nitrogen and oxygen atoms in total. The molecule has 6 heteroatoms. The molecule has 0 fully saturated rings. The van der Waals surface area contributed by atoms with E-state index in [0.29, 0.717) is 18.2 Å². The molecule has 0 aromatic carbocycles. The van der Waals surface area contributed by atoms with Gasteiger partial charge in [-0.3, -0.25) is 9.36 Å². The highest BCUT2D eigenvalue weighted by molar-refractivity contribution is 7.99. The Morgan fingerprint density at radius 3 is 3.04 bits per heavy atom. The van der Waals surface area contributed by atoms with Crippen LogP contribution in [0, 0.1) is 23.2 Å². The third kappa shape index (κ3) is 3.05. The van der Waals surface area contributed by atoms with Gasteiger partial charge in [0.05, 0.1) is 17.4 Å². The van der Waals surface area contributed by atoms with Gasteiger partial charge in [-0.2, -0.15) is 5.26 Å². The van der Waals surface area contributed by atoms with Crippen molar-refractivity contribution in [3.8, 4) is 6.07 Å². The van der Waals surface area contributed by atoms with Gasteiger partial charge in [-0.05, 0) is 44.6 Å². The van der Waals surface area contributed by atoms with Crippen LogP contribution in [0.1, 0.15) is 37.6 Å². The highest BCUT2D eigenvalue weighted by Gasteiger charge is 2.24. The Labute approximate surface area is 144 Å². The van der Waals surface area contributed by atoms with Crippen molar-refractivity contribution in [2.24, 2.45) is 11.8 Å². The normalized spacial score (nSPS) is 18.6. The lowest BCUT2D eigenvalue weighted by atomic mass is 9.89. The number of hydrogen-bond donors (Lipinski definition) is 0. The van der Waals surface area contributed by atoms with Crippen molar-refractivity contribution < 1.29 is 0 Å². The molecule has 2 atom stereocenters. The van der Waals surface area contributed by atoms with Gasteiger partial charge in [-0.1, -0.05) is 18.7 Å². The molecule has 3 rings (SSSR count). The molecular formula is C17H21N3OS2. The summed E-state index contributed by atoms with van der Waals surface area (Å²) in [6.07, 6.45) is 3.21. The van der Waals surface area contributed by atoms with E-state index in [1.54, 1.807) is 15.9 Å². The highest BCUT2D eigenvalue weighted by Crippen LogP contribution is 2.36. The summed E-state index contributed by atoms with van der Waals surface area (Å²) in [6.45, 7) is 6.76. The van der Waals surface area contributed by atoms with Crippen molar-refractivity contribution in [1.29, 1.82) is 5.26 Å². The minimum absolute atomic E-state index is 0.0460. The largest absolute Gasteiger partial charge is 0.287 e. The summed E-state index contributed by atoms with van der Waals surface area (Å²) in [5.41, 5.74) is 1.33. The first-order chi connectivity index (χ1) is 11.0. The van der Waals surface area contributed by atoms with E-state index in [1.807, 2.05) is 13.8 Å². The second-order valence-corrected chi connectivity index (χ2v) is 8.39. The molecule has 0 saturated heterocycles. The summed E-state index contributed by atoms with van der Waals surface area (Å²) >= 11 is 3.20. The van der Waals surface area contributed by atoms with Crippen molar-refractivity contribution in [2.75, 3.05) is 5.75 Å². The van der Waals surface area contributed by atoms with E-state index < -0.39 is 0 Å². The van der Waals surface area contributed by atoms with Crippen LogP contribution in [0.5, 0.6) is 0 Å². The predicted molar refractivity (Wildman–Crippen MR) is 96.2 cm³/mol. The van der Waals surface area contributed by atoms with E-state index in [-0.39, 0.29) is 11.5 Å². The SMILES string of the molecule is CCn1c(SC[C@@H](C)C#N)nc2sc3c(c2c1=O)CC[C@H](C)C3. The van der Waals surface area contributed by atoms with Gasteiger partial charge >= 0.3 is 0 Å². The Morgan fingerprint density at radius 2 is 2.35 bits per heavy atom. The Kier molecular flexibility index (Phi) is 4.79. The number of thiophene rings is 1. The van der Waals surface area contributed by atoms with E-state index in [0.717, 1.165) is 34.6 Å². The Hall–Kier alpha value is -1.32. The minimum atomic E-state index is -0.0460. The summed E-state index contributed by atoms with van der Waals surface area (Å²) in [5, 5.41) is 10.5. The van der Waals surface area contributed by atoms with Gasteiger partial charge in [0.15, 0.2) is 5.16 Å². The molecule has 1 aliphatic rings. The first-order valence-corrected chi connectivity index (χ1v) is 9.92. The number of aryl methyl sites for hydroxylation is 1. The Bertz CT molecular complexity index is 831. The summed E-state index contributed by atoms with van der Waals surface area (Å²) in [6, 6.07) is 2.24. The summed E-state index contributed by atoms with van der Waals surface area (Å²) in [7, 11) is 0. The van der Waals surface area contributed by atoms with Crippen LogP contribution < -0.4 is 5.56 Å². The molecule has 0 bridgehead atoms. The number of rotatable bonds is 4. The maximum absolute atomic E-state index is 13.0. The zero-order valence-electron chi connectivity index (χ0n) is 13.8. The van der Waals surface area contributed by atoms with Crippen LogP contribution in [0.4, 0.5) is 0 Å². The number of hydrogen-bond acceptors (Lipinski definition) is 5. The van der Waals surface area contributed by atoms with Crippen LogP contribution in [0.3, 0.4) is 0 Å². The molecule has 0 radical (unpaired) electrons.